The molecule has 0 spiro atoms. The number of fused-ring (bicyclic) bond motifs is 1. The van der Waals surface area contributed by atoms with Crippen molar-refractivity contribution in [2.45, 2.75) is 38.6 Å². The Kier molecular flexibility index (Phi) is 5.99. The number of methoxy groups -OCH3 is 1. The van der Waals surface area contributed by atoms with Crippen LogP contribution in [0.1, 0.15) is 47.4 Å². The number of nitrogens with one attached hydrogen (secondary N) is 1. The van der Waals surface area contributed by atoms with Gasteiger partial charge in [-0.05, 0) is 48.9 Å². The van der Waals surface area contributed by atoms with Gasteiger partial charge in [-0.15, -0.1) is 11.3 Å². The van der Waals surface area contributed by atoms with E-state index in [9.17, 15) is 4.79 Å². The first-order valence-electron chi connectivity index (χ1n) is 10.0. The molecule has 1 aliphatic carbocycles. The lowest BCUT2D eigenvalue weighted by atomic mass is 9.88. The first-order chi connectivity index (χ1) is 13.7. The molecule has 2 heterocycles. The number of rotatable bonds is 5. The van der Waals surface area contributed by atoms with Crippen LogP contribution in [-0.4, -0.2) is 44.2 Å². The summed E-state index contributed by atoms with van der Waals surface area (Å²) in [6.07, 6.45) is 4.64. The molecule has 2 aromatic rings. The van der Waals surface area contributed by atoms with Gasteiger partial charge in [-0.3, -0.25) is 9.69 Å². The second-order valence-corrected chi connectivity index (χ2v) is 8.57. The van der Waals surface area contributed by atoms with Crippen LogP contribution >= 0.6 is 11.3 Å². The van der Waals surface area contributed by atoms with Crippen LogP contribution in [0.5, 0.6) is 5.75 Å². The van der Waals surface area contributed by atoms with Crippen LogP contribution < -0.4 is 10.1 Å². The minimum absolute atomic E-state index is 0.00813. The lowest BCUT2D eigenvalue weighted by Crippen LogP contribution is -2.40. The minimum Gasteiger partial charge on any atom is -0.497 e. The summed E-state index contributed by atoms with van der Waals surface area (Å²) in [5.74, 6) is 0.854. The monoisotopic (exact) mass is 400 g/mol. The highest BCUT2D eigenvalue weighted by atomic mass is 32.1. The molecule has 1 aliphatic heterocycles. The van der Waals surface area contributed by atoms with Crippen molar-refractivity contribution < 1.29 is 14.3 Å². The second kappa shape index (κ2) is 8.64. The van der Waals surface area contributed by atoms with Crippen LogP contribution in [0.4, 0.5) is 5.00 Å². The molecule has 2 aliphatic rings. The third kappa shape index (κ3) is 3.95. The quantitative estimate of drug-likeness (QED) is 0.824. The van der Waals surface area contributed by atoms with Crippen LogP contribution in [0.15, 0.2) is 24.3 Å². The van der Waals surface area contributed by atoms with E-state index in [1.54, 1.807) is 25.4 Å². The van der Waals surface area contributed by atoms with E-state index >= 15 is 0 Å². The molecule has 1 fully saturated rings. The van der Waals surface area contributed by atoms with Crippen molar-refractivity contribution in [3.8, 4) is 5.75 Å². The second-order valence-electron chi connectivity index (χ2n) is 7.46. The Hall–Kier alpha value is -1.89. The van der Waals surface area contributed by atoms with E-state index in [2.05, 4.69) is 28.4 Å². The first kappa shape index (κ1) is 19.4. The molecule has 0 radical (unpaired) electrons. The van der Waals surface area contributed by atoms with Gasteiger partial charge in [0.25, 0.3) is 0 Å². The number of ether oxygens (including phenoxy) is 2. The number of carbonyl (C=O) groups excluding carboxylic acids is 1. The van der Waals surface area contributed by atoms with Gasteiger partial charge in [0.1, 0.15) is 10.8 Å². The van der Waals surface area contributed by atoms with E-state index < -0.39 is 0 Å². The number of aryl methyl sites for hydroxylation is 1. The van der Waals surface area contributed by atoms with Crippen LogP contribution in [0.3, 0.4) is 0 Å². The molecule has 1 saturated heterocycles. The lowest BCUT2D eigenvalue weighted by Gasteiger charge is -2.36. The Balaban J connectivity index is 1.85. The molecule has 1 aromatic carbocycles. The lowest BCUT2D eigenvalue weighted by molar-refractivity contribution is -0.114. The van der Waals surface area contributed by atoms with Crippen molar-refractivity contribution >= 4 is 22.2 Å². The van der Waals surface area contributed by atoms with Crippen LogP contribution in [0.2, 0.25) is 0 Å². The number of anilines is 1. The highest BCUT2D eigenvalue weighted by molar-refractivity contribution is 7.16. The smallest absolute Gasteiger partial charge is 0.221 e. The molecule has 28 heavy (non-hydrogen) atoms. The van der Waals surface area contributed by atoms with Gasteiger partial charge in [-0.25, -0.2) is 0 Å². The molecule has 150 valence electrons. The number of hydrogen-bond donors (Lipinski definition) is 1. The molecule has 1 aromatic heterocycles. The Bertz CT molecular complexity index is 842. The highest BCUT2D eigenvalue weighted by Crippen LogP contribution is 2.45. The van der Waals surface area contributed by atoms with Gasteiger partial charge in [0.05, 0.1) is 26.4 Å². The number of morpholine rings is 1. The molecular formula is C22H28N2O3S. The fourth-order valence-electron chi connectivity index (χ4n) is 4.34. The largest absolute Gasteiger partial charge is 0.497 e. The standard InChI is InChI=1S/C22H28N2O3S/c1-15(25)23-22-20(18-8-3-4-9-19(18)28-22)21(24-10-12-27-13-11-24)16-6-5-7-17(14-16)26-2/h5-7,14,21H,3-4,8-13H2,1-2H3,(H,23,25)/t21-/m0/s1. The predicted molar refractivity (Wildman–Crippen MR) is 112 cm³/mol. The SMILES string of the molecule is COc1cccc([C@@H](c2c(NC(C)=O)sc3c2CCCC3)N2CCOCC2)c1. The summed E-state index contributed by atoms with van der Waals surface area (Å²) in [4.78, 5) is 15.9. The number of thiophene rings is 1. The molecule has 0 saturated carbocycles. The van der Waals surface area contributed by atoms with Crippen LogP contribution in [0, 0.1) is 0 Å². The van der Waals surface area contributed by atoms with E-state index in [1.165, 1.54) is 34.4 Å². The fourth-order valence-corrected chi connectivity index (χ4v) is 5.71. The summed E-state index contributed by atoms with van der Waals surface area (Å²) < 4.78 is 11.1. The van der Waals surface area contributed by atoms with Gasteiger partial charge in [0.15, 0.2) is 0 Å². The van der Waals surface area contributed by atoms with Gasteiger partial charge < -0.3 is 14.8 Å². The Morgan fingerprint density at radius 3 is 2.79 bits per heavy atom. The summed E-state index contributed by atoms with van der Waals surface area (Å²) in [7, 11) is 1.71. The maximum absolute atomic E-state index is 12.0. The first-order valence-corrected chi connectivity index (χ1v) is 10.9. The van der Waals surface area contributed by atoms with Crippen molar-refractivity contribution in [3.63, 3.8) is 0 Å². The highest BCUT2D eigenvalue weighted by Gasteiger charge is 2.32. The number of nitrogens with zero attached hydrogens (tertiary/aromatic N) is 1. The van der Waals surface area contributed by atoms with Crippen molar-refractivity contribution in [1.29, 1.82) is 0 Å². The molecule has 4 rings (SSSR count). The van der Waals surface area contributed by atoms with Gasteiger partial charge >= 0.3 is 0 Å². The molecule has 1 atom stereocenters. The molecular weight excluding hydrogens is 372 g/mol. The maximum atomic E-state index is 12.0. The summed E-state index contributed by atoms with van der Waals surface area (Å²) >= 11 is 1.77. The van der Waals surface area contributed by atoms with E-state index in [4.69, 9.17) is 9.47 Å². The normalized spacial score (nSPS) is 18.4. The van der Waals surface area contributed by atoms with Crippen molar-refractivity contribution in [1.82, 2.24) is 4.90 Å². The van der Waals surface area contributed by atoms with E-state index in [0.717, 1.165) is 49.9 Å². The summed E-state index contributed by atoms with van der Waals surface area (Å²) in [6.45, 7) is 4.83. The minimum atomic E-state index is -0.00813. The number of carbonyl (C=O) groups is 1. The number of amides is 1. The Labute approximate surface area is 170 Å². The van der Waals surface area contributed by atoms with Crippen molar-refractivity contribution in [2.24, 2.45) is 0 Å². The van der Waals surface area contributed by atoms with E-state index in [-0.39, 0.29) is 11.9 Å². The summed E-state index contributed by atoms with van der Waals surface area (Å²) in [5.41, 5.74) is 3.93. The summed E-state index contributed by atoms with van der Waals surface area (Å²) in [5, 5.41) is 4.15. The molecule has 0 bridgehead atoms. The Morgan fingerprint density at radius 1 is 1.25 bits per heavy atom. The maximum Gasteiger partial charge on any atom is 0.221 e. The van der Waals surface area contributed by atoms with E-state index in [1.807, 2.05) is 6.07 Å². The third-order valence-corrected chi connectivity index (χ3v) is 6.82. The number of hydrogen-bond acceptors (Lipinski definition) is 5. The molecule has 0 unspecified atom stereocenters. The molecule has 5 nitrogen and oxygen atoms in total. The fraction of sp³-hybridized carbons (Fsp3) is 0.500. The van der Waals surface area contributed by atoms with Crippen molar-refractivity contribution in [2.75, 3.05) is 38.7 Å². The Morgan fingerprint density at radius 2 is 2.04 bits per heavy atom. The van der Waals surface area contributed by atoms with Gasteiger partial charge in [0, 0.05) is 30.5 Å². The molecule has 1 amide bonds. The van der Waals surface area contributed by atoms with Crippen LogP contribution in [-0.2, 0) is 22.4 Å². The van der Waals surface area contributed by atoms with Gasteiger partial charge in [-0.2, -0.15) is 0 Å². The average molecular weight is 401 g/mol. The number of benzene rings is 1. The van der Waals surface area contributed by atoms with Crippen molar-refractivity contribution in [3.05, 3.63) is 45.8 Å². The topological polar surface area (TPSA) is 50.8 Å². The van der Waals surface area contributed by atoms with E-state index in [0.29, 0.717) is 0 Å². The zero-order valence-corrected chi connectivity index (χ0v) is 17.4. The van der Waals surface area contributed by atoms with Crippen LogP contribution in [0.25, 0.3) is 0 Å². The zero-order chi connectivity index (χ0) is 19.5. The average Bonchev–Trinajstić information content (AvgIpc) is 3.06. The van der Waals surface area contributed by atoms with Gasteiger partial charge in [0.2, 0.25) is 5.91 Å². The van der Waals surface area contributed by atoms with Gasteiger partial charge in [-0.1, -0.05) is 12.1 Å². The predicted octanol–water partition coefficient (Wildman–Crippen LogP) is 4.02. The zero-order valence-electron chi connectivity index (χ0n) is 16.6. The third-order valence-electron chi connectivity index (χ3n) is 5.60. The molecule has 1 N–H and O–H groups in total. The molecule has 6 heteroatoms. The summed E-state index contributed by atoms with van der Waals surface area (Å²) in [6, 6.07) is 8.44.